The Hall–Kier alpha value is -2.54. The minimum absolute atomic E-state index is 0.00587. The smallest absolute Gasteiger partial charge is 0.0387 e. The fourth-order valence-corrected chi connectivity index (χ4v) is 3.51. The Labute approximate surface area is 152 Å². The monoisotopic (exact) mass is 331 g/mol. The molecule has 0 aromatic heterocycles. The number of nitrogens with two attached hydrogens (primary N) is 1. The van der Waals surface area contributed by atoms with E-state index in [1.807, 2.05) is 32.9 Å². The molecule has 3 rings (SSSR count). The quantitative estimate of drug-likeness (QED) is 0.642. The molecule has 1 nitrogen and oxygen atoms in total. The molecule has 0 bridgehead atoms. The Morgan fingerprint density at radius 2 is 1.64 bits per heavy atom. The summed E-state index contributed by atoms with van der Waals surface area (Å²) >= 11 is 0. The zero-order chi connectivity index (χ0) is 18.6. The van der Waals surface area contributed by atoms with Gasteiger partial charge in [0.15, 0.2) is 0 Å². The second-order valence-corrected chi connectivity index (χ2v) is 6.50. The first-order valence-electron chi connectivity index (χ1n) is 9.00. The van der Waals surface area contributed by atoms with Crippen molar-refractivity contribution in [2.45, 2.75) is 40.0 Å². The molecule has 1 aliphatic carbocycles. The number of benzene rings is 2. The summed E-state index contributed by atoms with van der Waals surface area (Å²) in [6, 6.07) is 15.3. The first kappa shape index (κ1) is 18.8. The summed E-state index contributed by atoms with van der Waals surface area (Å²) in [6.45, 7) is 14.4. The van der Waals surface area contributed by atoms with E-state index < -0.39 is 0 Å². The predicted molar refractivity (Wildman–Crippen MR) is 111 cm³/mol. The molecule has 0 spiro atoms. The summed E-state index contributed by atoms with van der Waals surface area (Å²) in [7, 11) is 0. The van der Waals surface area contributed by atoms with Crippen molar-refractivity contribution in [3.05, 3.63) is 89.7 Å². The lowest BCUT2D eigenvalue weighted by molar-refractivity contribution is 0.660. The summed E-state index contributed by atoms with van der Waals surface area (Å²) in [5.74, 6) is 0. The maximum Gasteiger partial charge on any atom is 0.0387 e. The van der Waals surface area contributed by atoms with Gasteiger partial charge in [-0.1, -0.05) is 82.8 Å². The van der Waals surface area contributed by atoms with Gasteiger partial charge in [-0.05, 0) is 46.9 Å². The molecule has 2 aromatic carbocycles. The van der Waals surface area contributed by atoms with Gasteiger partial charge in [0.2, 0.25) is 0 Å². The molecule has 0 unspecified atom stereocenters. The molecule has 0 fully saturated rings. The van der Waals surface area contributed by atoms with E-state index in [0.29, 0.717) is 5.70 Å². The standard InChI is InChI=1S/C22H23N.C2H6/c1-5-9-16(21(23)6-2)15-12-13-18-17-10-7-8-11-19(17)22(3,4)20(18)14-15;1-2/h5-14H,2,23H2,1,3-4H3;1-2H3/b9-5-,21-16-;. The van der Waals surface area contributed by atoms with Crippen LogP contribution in [0.1, 0.15) is 51.3 Å². The van der Waals surface area contributed by atoms with Gasteiger partial charge in [-0.15, -0.1) is 0 Å². The van der Waals surface area contributed by atoms with Crippen molar-refractivity contribution in [3.8, 4) is 11.1 Å². The molecule has 0 atom stereocenters. The summed E-state index contributed by atoms with van der Waals surface area (Å²) in [4.78, 5) is 0. The largest absolute Gasteiger partial charge is 0.398 e. The van der Waals surface area contributed by atoms with E-state index in [0.717, 1.165) is 11.1 Å². The molecule has 1 heteroatoms. The Morgan fingerprint density at radius 1 is 1.00 bits per heavy atom. The van der Waals surface area contributed by atoms with Crippen LogP contribution >= 0.6 is 0 Å². The van der Waals surface area contributed by atoms with Crippen molar-refractivity contribution in [3.63, 3.8) is 0 Å². The lowest BCUT2D eigenvalue weighted by Gasteiger charge is -2.22. The maximum absolute atomic E-state index is 6.14. The van der Waals surface area contributed by atoms with Gasteiger partial charge in [-0.2, -0.15) is 0 Å². The molecule has 0 aliphatic heterocycles. The zero-order valence-electron chi connectivity index (χ0n) is 16.1. The van der Waals surface area contributed by atoms with Gasteiger partial charge in [0.25, 0.3) is 0 Å². The Balaban J connectivity index is 0.00000109. The molecule has 0 amide bonds. The lowest BCUT2D eigenvalue weighted by atomic mass is 9.81. The zero-order valence-corrected chi connectivity index (χ0v) is 16.1. The fourth-order valence-electron chi connectivity index (χ4n) is 3.51. The van der Waals surface area contributed by atoms with Crippen LogP contribution in [0.2, 0.25) is 0 Å². The third-order valence-corrected chi connectivity index (χ3v) is 4.76. The summed E-state index contributed by atoms with van der Waals surface area (Å²) in [6.07, 6.45) is 5.77. The van der Waals surface area contributed by atoms with Crippen molar-refractivity contribution < 1.29 is 0 Å². The van der Waals surface area contributed by atoms with Crippen LogP contribution in [0.25, 0.3) is 16.7 Å². The van der Waals surface area contributed by atoms with E-state index in [4.69, 9.17) is 5.73 Å². The third kappa shape index (κ3) is 3.19. The van der Waals surface area contributed by atoms with Crippen LogP contribution in [-0.2, 0) is 5.41 Å². The number of rotatable bonds is 3. The van der Waals surface area contributed by atoms with E-state index in [1.165, 1.54) is 22.3 Å². The number of fused-ring (bicyclic) bond motifs is 3. The van der Waals surface area contributed by atoms with Gasteiger partial charge in [0, 0.05) is 16.7 Å². The molecular weight excluding hydrogens is 302 g/mol. The normalized spacial score (nSPS) is 14.9. The molecular formula is C24H29N. The minimum Gasteiger partial charge on any atom is -0.398 e. The molecule has 0 heterocycles. The van der Waals surface area contributed by atoms with Gasteiger partial charge in [0.05, 0.1) is 0 Å². The topological polar surface area (TPSA) is 26.0 Å². The molecule has 2 aromatic rings. The van der Waals surface area contributed by atoms with Crippen molar-refractivity contribution in [2.75, 3.05) is 0 Å². The highest BCUT2D eigenvalue weighted by atomic mass is 14.6. The highest BCUT2D eigenvalue weighted by Crippen LogP contribution is 2.49. The molecule has 0 saturated heterocycles. The number of hydrogen-bond donors (Lipinski definition) is 1. The lowest BCUT2D eigenvalue weighted by Crippen LogP contribution is -2.15. The van der Waals surface area contributed by atoms with Crippen LogP contribution in [0, 0.1) is 0 Å². The van der Waals surface area contributed by atoms with Crippen LogP contribution in [0.5, 0.6) is 0 Å². The third-order valence-electron chi connectivity index (χ3n) is 4.76. The number of hydrogen-bond acceptors (Lipinski definition) is 1. The molecule has 1 aliphatic rings. The van der Waals surface area contributed by atoms with E-state index in [9.17, 15) is 0 Å². The van der Waals surface area contributed by atoms with Crippen LogP contribution < -0.4 is 5.73 Å². The van der Waals surface area contributed by atoms with Crippen molar-refractivity contribution in [1.82, 2.24) is 0 Å². The van der Waals surface area contributed by atoms with Crippen molar-refractivity contribution in [2.24, 2.45) is 5.73 Å². The van der Waals surface area contributed by atoms with Gasteiger partial charge in [-0.3, -0.25) is 0 Å². The Bertz CT molecular complexity index is 835. The Morgan fingerprint density at radius 3 is 2.28 bits per heavy atom. The second kappa shape index (κ2) is 7.57. The highest BCUT2D eigenvalue weighted by Gasteiger charge is 2.35. The van der Waals surface area contributed by atoms with Gasteiger partial charge in [0.1, 0.15) is 0 Å². The van der Waals surface area contributed by atoms with Crippen LogP contribution in [-0.4, -0.2) is 0 Å². The molecule has 25 heavy (non-hydrogen) atoms. The molecule has 0 saturated carbocycles. The van der Waals surface area contributed by atoms with E-state index >= 15 is 0 Å². The van der Waals surface area contributed by atoms with Crippen molar-refractivity contribution >= 4 is 5.57 Å². The minimum atomic E-state index is 0.00587. The van der Waals surface area contributed by atoms with Gasteiger partial charge < -0.3 is 5.73 Å². The molecule has 2 N–H and O–H groups in total. The highest BCUT2D eigenvalue weighted by molar-refractivity contribution is 5.85. The van der Waals surface area contributed by atoms with Crippen molar-refractivity contribution in [1.29, 1.82) is 0 Å². The van der Waals surface area contributed by atoms with Crippen LogP contribution in [0.15, 0.2) is 73.0 Å². The number of allylic oxidation sites excluding steroid dienone is 4. The predicted octanol–water partition coefficient (Wildman–Crippen LogP) is 6.45. The van der Waals surface area contributed by atoms with E-state index in [-0.39, 0.29) is 5.41 Å². The van der Waals surface area contributed by atoms with E-state index in [1.54, 1.807) is 6.08 Å². The average molecular weight is 332 g/mol. The van der Waals surface area contributed by atoms with E-state index in [2.05, 4.69) is 62.9 Å². The van der Waals surface area contributed by atoms with Gasteiger partial charge in [-0.25, -0.2) is 0 Å². The first-order valence-corrected chi connectivity index (χ1v) is 9.00. The average Bonchev–Trinajstić information content (AvgIpc) is 2.88. The summed E-state index contributed by atoms with van der Waals surface area (Å²) in [5.41, 5.74) is 14.4. The SMILES string of the molecule is C=C/C(N)=C(\C=C/C)c1ccc2c(c1)C(C)(C)c1ccccc1-2.CC. The van der Waals surface area contributed by atoms with Crippen LogP contribution in [0.4, 0.5) is 0 Å². The first-order chi connectivity index (χ1) is 12.0. The summed E-state index contributed by atoms with van der Waals surface area (Å²) in [5, 5.41) is 0. The summed E-state index contributed by atoms with van der Waals surface area (Å²) < 4.78 is 0. The second-order valence-electron chi connectivity index (χ2n) is 6.50. The Kier molecular flexibility index (Phi) is 5.69. The molecule has 130 valence electrons. The molecule has 0 radical (unpaired) electrons. The van der Waals surface area contributed by atoms with Crippen LogP contribution in [0.3, 0.4) is 0 Å². The van der Waals surface area contributed by atoms with Gasteiger partial charge >= 0.3 is 0 Å². The maximum atomic E-state index is 6.14. The fraction of sp³-hybridized carbons (Fsp3) is 0.250.